The lowest BCUT2D eigenvalue weighted by Crippen LogP contribution is -2.33. The van der Waals surface area contributed by atoms with Gasteiger partial charge in [-0.15, -0.1) is 0 Å². The minimum Gasteiger partial charge on any atom is -0.384 e. The molecule has 0 aliphatic heterocycles. The van der Waals surface area contributed by atoms with E-state index in [4.69, 9.17) is 11.0 Å². The summed E-state index contributed by atoms with van der Waals surface area (Å²) in [6.07, 6.45) is 0. The van der Waals surface area contributed by atoms with Crippen molar-refractivity contribution < 1.29 is 0 Å². The topological polar surface area (TPSA) is 105 Å². The molecule has 7 heteroatoms. The molecule has 0 bridgehead atoms. The number of anilines is 1. The van der Waals surface area contributed by atoms with Crippen molar-refractivity contribution in [2.45, 2.75) is 11.4 Å². The van der Waals surface area contributed by atoms with Gasteiger partial charge < -0.3 is 5.73 Å². The second-order valence-electron chi connectivity index (χ2n) is 3.74. The number of aromatic nitrogens is 2. The van der Waals surface area contributed by atoms with Gasteiger partial charge in [-0.1, -0.05) is 30.3 Å². The molecule has 0 aliphatic rings. The molecular formula is C12H10N4O2S. The lowest BCUT2D eigenvalue weighted by atomic mass is 10.2. The zero-order chi connectivity index (χ0) is 13.8. The Balaban J connectivity index is 2.52. The Morgan fingerprint density at radius 2 is 2.00 bits per heavy atom. The van der Waals surface area contributed by atoms with Gasteiger partial charge in [0.2, 0.25) is 0 Å². The third-order valence-corrected chi connectivity index (χ3v) is 3.22. The summed E-state index contributed by atoms with van der Waals surface area (Å²) >= 11 is 0.639. The number of thiocyanates is 1. The number of aromatic amines is 1. The van der Waals surface area contributed by atoms with Crippen LogP contribution in [0.15, 0.2) is 44.8 Å². The first-order chi connectivity index (χ1) is 9.13. The molecule has 0 saturated carbocycles. The predicted molar refractivity (Wildman–Crippen MR) is 72.7 cm³/mol. The lowest BCUT2D eigenvalue weighted by molar-refractivity contribution is 0.716. The smallest absolute Gasteiger partial charge is 0.330 e. The molecule has 1 aromatic heterocycles. The van der Waals surface area contributed by atoms with Crippen LogP contribution in [0.25, 0.3) is 0 Å². The van der Waals surface area contributed by atoms with Gasteiger partial charge in [-0.25, -0.2) is 4.79 Å². The summed E-state index contributed by atoms with van der Waals surface area (Å²) < 4.78 is 1.23. The first-order valence-electron chi connectivity index (χ1n) is 5.36. The number of H-pyrrole nitrogens is 1. The van der Waals surface area contributed by atoms with E-state index in [2.05, 4.69) is 4.98 Å². The molecular weight excluding hydrogens is 264 g/mol. The molecule has 1 heterocycles. The number of nitriles is 1. The minimum absolute atomic E-state index is 0.00385. The number of thioether (sulfide) groups is 1. The largest absolute Gasteiger partial charge is 0.384 e. The monoisotopic (exact) mass is 274 g/mol. The lowest BCUT2D eigenvalue weighted by Gasteiger charge is -2.10. The van der Waals surface area contributed by atoms with Gasteiger partial charge in [-0.05, 0) is 17.3 Å². The Bertz CT molecular complexity index is 743. The number of nitrogens with zero attached hydrogens (tertiary/aromatic N) is 2. The first-order valence-corrected chi connectivity index (χ1v) is 6.17. The van der Waals surface area contributed by atoms with Crippen LogP contribution in [0.2, 0.25) is 0 Å². The summed E-state index contributed by atoms with van der Waals surface area (Å²) in [5.74, 6) is 0.00385. The van der Waals surface area contributed by atoms with Gasteiger partial charge >= 0.3 is 5.69 Å². The number of hydrogen-bond acceptors (Lipinski definition) is 5. The van der Waals surface area contributed by atoms with Crippen LogP contribution < -0.4 is 17.0 Å². The number of nitrogen functional groups attached to an aromatic ring is 1. The van der Waals surface area contributed by atoms with Crippen LogP contribution in [-0.2, 0) is 6.54 Å². The van der Waals surface area contributed by atoms with Crippen molar-refractivity contribution in [3.63, 3.8) is 0 Å². The summed E-state index contributed by atoms with van der Waals surface area (Å²) in [5.41, 5.74) is 5.43. The van der Waals surface area contributed by atoms with Crippen LogP contribution in [-0.4, -0.2) is 9.55 Å². The first kappa shape index (κ1) is 13.0. The molecule has 0 fully saturated rings. The van der Waals surface area contributed by atoms with E-state index in [0.29, 0.717) is 11.8 Å². The van der Waals surface area contributed by atoms with E-state index in [1.54, 1.807) is 5.40 Å². The molecule has 0 unspecified atom stereocenters. The molecule has 0 radical (unpaired) electrons. The Labute approximate surface area is 112 Å². The fraction of sp³-hybridized carbons (Fsp3) is 0.0833. The standard InChI is InChI=1S/C12H10N4O2S/c13-7-19-9-10(14)16(12(18)15-11(9)17)6-8-4-2-1-3-5-8/h1-5H,6,14H2,(H,15,17,18). The van der Waals surface area contributed by atoms with E-state index in [-0.39, 0.29) is 17.3 Å². The van der Waals surface area contributed by atoms with E-state index in [1.165, 1.54) is 4.57 Å². The molecule has 2 aromatic rings. The highest BCUT2D eigenvalue weighted by molar-refractivity contribution is 8.03. The fourth-order valence-corrected chi connectivity index (χ4v) is 2.09. The highest BCUT2D eigenvalue weighted by atomic mass is 32.2. The van der Waals surface area contributed by atoms with Crippen molar-refractivity contribution in [3.8, 4) is 5.40 Å². The van der Waals surface area contributed by atoms with Gasteiger partial charge in [-0.3, -0.25) is 14.3 Å². The van der Waals surface area contributed by atoms with Gasteiger partial charge in [0.15, 0.2) is 0 Å². The van der Waals surface area contributed by atoms with E-state index in [0.717, 1.165) is 5.56 Å². The van der Waals surface area contributed by atoms with Crippen molar-refractivity contribution in [1.82, 2.24) is 9.55 Å². The van der Waals surface area contributed by atoms with Gasteiger partial charge in [0.1, 0.15) is 16.1 Å². The quantitative estimate of drug-likeness (QED) is 0.634. The number of nitrogens with two attached hydrogens (primary N) is 1. The maximum absolute atomic E-state index is 11.8. The van der Waals surface area contributed by atoms with Crippen molar-refractivity contribution in [2.24, 2.45) is 0 Å². The van der Waals surface area contributed by atoms with Crippen LogP contribution in [0.3, 0.4) is 0 Å². The normalized spacial score (nSPS) is 10.1. The molecule has 0 aliphatic carbocycles. The van der Waals surface area contributed by atoms with Crippen LogP contribution in [0.4, 0.5) is 5.82 Å². The number of nitrogens with one attached hydrogen (secondary N) is 1. The molecule has 2 rings (SSSR count). The Morgan fingerprint density at radius 3 is 2.63 bits per heavy atom. The number of benzene rings is 1. The maximum Gasteiger partial charge on any atom is 0.330 e. The summed E-state index contributed by atoms with van der Waals surface area (Å²) in [4.78, 5) is 25.5. The minimum atomic E-state index is -0.640. The number of hydrogen-bond donors (Lipinski definition) is 2. The molecule has 96 valence electrons. The Hall–Kier alpha value is -2.46. The van der Waals surface area contributed by atoms with Crippen molar-refractivity contribution in [2.75, 3.05) is 5.73 Å². The summed E-state index contributed by atoms with van der Waals surface area (Å²) in [5, 5.41) is 10.4. The molecule has 0 spiro atoms. The molecule has 0 saturated heterocycles. The van der Waals surface area contributed by atoms with Crippen LogP contribution >= 0.6 is 11.8 Å². The molecule has 3 N–H and O–H groups in total. The Kier molecular flexibility index (Phi) is 3.73. The Morgan fingerprint density at radius 1 is 1.32 bits per heavy atom. The van der Waals surface area contributed by atoms with Crippen molar-refractivity contribution in [3.05, 3.63) is 56.7 Å². The van der Waals surface area contributed by atoms with Crippen molar-refractivity contribution >= 4 is 17.6 Å². The molecule has 19 heavy (non-hydrogen) atoms. The average molecular weight is 274 g/mol. The van der Waals surface area contributed by atoms with Crippen molar-refractivity contribution in [1.29, 1.82) is 5.26 Å². The number of rotatable bonds is 3. The summed E-state index contributed by atoms with van der Waals surface area (Å²) in [7, 11) is 0. The van der Waals surface area contributed by atoms with E-state index < -0.39 is 11.2 Å². The van der Waals surface area contributed by atoms with Crippen LogP contribution in [0.5, 0.6) is 0 Å². The highest BCUT2D eigenvalue weighted by Crippen LogP contribution is 2.18. The molecule has 6 nitrogen and oxygen atoms in total. The third kappa shape index (κ3) is 2.69. The van der Waals surface area contributed by atoms with Gasteiger partial charge in [-0.2, -0.15) is 5.26 Å². The zero-order valence-electron chi connectivity index (χ0n) is 9.79. The van der Waals surface area contributed by atoms with Crippen LogP contribution in [0, 0.1) is 10.7 Å². The fourth-order valence-electron chi connectivity index (χ4n) is 1.64. The van der Waals surface area contributed by atoms with Crippen LogP contribution in [0.1, 0.15) is 5.56 Å². The van der Waals surface area contributed by atoms with E-state index in [9.17, 15) is 9.59 Å². The van der Waals surface area contributed by atoms with Gasteiger partial charge in [0.05, 0.1) is 6.54 Å². The zero-order valence-corrected chi connectivity index (χ0v) is 10.6. The second-order valence-corrected chi connectivity index (χ2v) is 4.53. The van der Waals surface area contributed by atoms with Gasteiger partial charge in [0.25, 0.3) is 5.56 Å². The van der Waals surface area contributed by atoms with Gasteiger partial charge in [0, 0.05) is 0 Å². The SMILES string of the molecule is N#CSc1c(N)n(Cc2ccccc2)c(=O)[nH]c1=O. The molecule has 0 atom stereocenters. The van der Waals surface area contributed by atoms with E-state index in [1.807, 2.05) is 30.3 Å². The summed E-state index contributed by atoms with van der Waals surface area (Å²) in [6.45, 7) is 0.237. The summed E-state index contributed by atoms with van der Waals surface area (Å²) in [6, 6.07) is 9.22. The molecule has 1 aromatic carbocycles. The average Bonchev–Trinajstić information content (AvgIpc) is 2.41. The second kappa shape index (κ2) is 5.46. The third-order valence-electron chi connectivity index (χ3n) is 2.53. The van der Waals surface area contributed by atoms with E-state index >= 15 is 0 Å². The maximum atomic E-state index is 11.8. The predicted octanol–water partition coefficient (Wildman–Crippen LogP) is 0.740. The molecule has 0 amide bonds. The highest BCUT2D eigenvalue weighted by Gasteiger charge is 2.12.